The van der Waals surface area contributed by atoms with E-state index in [2.05, 4.69) is 6.07 Å². The zero-order valence-corrected chi connectivity index (χ0v) is 11.8. The Morgan fingerprint density at radius 1 is 1.22 bits per heavy atom. The SMILES string of the molecule is COc1cc(C)c(C2(CCCl)OCCO2)cc1C. The Bertz CT molecular complexity index is 425. The van der Waals surface area contributed by atoms with Crippen LogP contribution in [-0.2, 0) is 15.3 Å². The molecule has 0 N–H and O–H groups in total. The van der Waals surface area contributed by atoms with Gasteiger partial charge >= 0.3 is 0 Å². The molecule has 1 aliphatic heterocycles. The maximum Gasteiger partial charge on any atom is 0.196 e. The lowest BCUT2D eigenvalue weighted by Crippen LogP contribution is -2.29. The van der Waals surface area contributed by atoms with Gasteiger partial charge in [0, 0.05) is 17.9 Å². The summed E-state index contributed by atoms with van der Waals surface area (Å²) in [6.07, 6.45) is 0.654. The molecule has 0 spiro atoms. The first-order valence-corrected chi connectivity index (χ1v) is 6.66. The molecule has 100 valence electrons. The van der Waals surface area contributed by atoms with Gasteiger partial charge in [-0.1, -0.05) is 0 Å². The summed E-state index contributed by atoms with van der Waals surface area (Å²) in [4.78, 5) is 0. The highest BCUT2D eigenvalue weighted by molar-refractivity contribution is 6.17. The van der Waals surface area contributed by atoms with E-state index in [1.54, 1.807) is 7.11 Å². The zero-order chi connectivity index (χ0) is 13.2. The van der Waals surface area contributed by atoms with Crippen molar-refractivity contribution in [2.75, 3.05) is 26.2 Å². The maximum absolute atomic E-state index is 5.89. The second-order valence-corrected chi connectivity index (χ2v) is 4.90. The molecule has 1 heterocycles. The smallest absolute Gasteiger partial charge is 0.196 e. The van der Waals surface area contributed by atoms with Crippen LogP contribution in [0.25, 0.3) is 0 Å². The van der Waals surface area contributed by atoms with E-state index in [1.165, 1.54) is 0 Å². The first-order valence-electron chi connectivity index (χ1n) is 6.12. The van der Waals surface area contributed by atoms with E-state index in [1.807, 2.05) is 19.9 Å². The van der Waals surface area contributed by atoms with E-state index < -0.39 is 5.79 Å². The van der Waals surface area contributed by atoms with E-state index in [0.29, 0.717) is 25.5 Å². The van der Waals surface area contributed by atoms with Crippen LogP contribution >= 0.6 is 11.6 Å². The fraction of sp³-hybridized carbons (Fsp3) is 0.571. The standard InChI is InChI=1S/C14H19ClO3/c1-10-9-13(16-3)11(2)8-12(10)14(4-5-15)17-6-7-18-14/h8-9H,4-7H2,1-3H3. The summed E-state index contributed by atoms with van der Waals surface area (Å²) in [6, 6.07) is 4.09. The summed E-state index contributed by atoms with van der Waals surface area (Å²) in [5.41, 5.74) is 3.23. The Labute approximate surface area is 113 Å². The van der Waals surface area contributed by atoms with E-state index in [4.69, 9.17) is 25.8 Å². The zero-order valence-electron chi connectivity index (χ0n) is 11.1. The van der Waals surface area contributed by atoms with Crippen molar-refractivity contribution in [1.29, 1.82) is 0 Å². The first kappa shape index (κ1) is 13.7. The molecule has 4 heteroatoms. The highest BCUT2D eigenvalue weighted by Crippen LogP contribution is 2.39. The molecule has 0 amide bonds. The third-order valence-electron chi connectivity index (χ3n) is 3.33. The molecule has 1 fully saturated rings. The molecule has 1 aromatic rings. The predicted octanol–water partition coefficient (Wildman–Crippen LogP) is 3.14. The molecule has 0 radical (unpaired) electrons. The van der Waals surface area contributed by atoms with Gasteiger partial charge in [-0.15, -0.1) is 11.6 Å². The van der Waals surface area contributed by atoms with Gasteiger partial charge < -0.3 is 14.2 Å². The fourth-order valence-electron chi connectivity index (χ4n) is 2.43. The van der Waals surface area contributed by atoms with Gasteiger partial charge in [0.1, 0.15) is 5.75 Å². The second-order valence-electron chi connectivity index (χ2n) is 4.53. The van der Waals surface area contributed by atoms with Crippen LogP contribution < -0.4 is 4.74 Å². The van der Waals surface area contributed by atoms with Gasteiger partial charge in [-0.05, 0) is 37.1 Å². The molecule has 0 aliphatic carbocycles. The van der Waals surface area contributed by atoms with E-state index in [9.17, 15) is 0 Å². The number of alkyl halides is 1. The second kappa shape index (κ2) is 5.47. The number of benzene rings is 1. The van der Waals surface area contributed by atoms with Crippen molar-refractivity contribution in [3.8, 4) is 5.75 Å². The summed E-state index contributed by atoms with van der Waals surface area (Å²) >= 11 is 5.89. The van der Waals surface area contributed by atoms with Gasteiger partial charge in [-0.3, -0.25) is 0 Å². The number of methoxy groups -OCH3 is 1. The lowest BCUT2D eigenvalue weighted by atomic mass is 9.95. The van der Waals surface area contributed by atoms with Crippen LogP contribution in [0, 0.1) is 13.8 Å². The Balaban J connectivity index is 2.45. The van der Waals surface area contributed by atoms with Crippen molar-refractivity contribution < 1.29 is 14.2 Å². The molecule has 0 aromatic heterocycles. The molecular formula is C14H19ClO3. The molecule has 1 aliphatic rings. The summed E-state index contributed by atoms with van der Waals surface area (Å²) in [5, 5.41) is 0. The quantitative estimate of drug-likeness (QED) is 0.787. The van der Waals surface area contributed by atoms with E-state index in [-0.39, 0.29) is 0 Å². The molecule has 0 bridgehead atoms. The number of ether oxygens (including phenoxy) is 3. The van der Waals surface area contributed by atoms with Crippen LogP contribution in [0.3, 0.4) is 0 Å². The van der Waals surface area contributed by atoms with Gasteiger partial charge in [0.25, 0.3) is 0 Å². The minimum absolute atomic E-state index is 0.504. The van der Waals surface area contributed by atoms with Crippen LogP contribution in [-0.4, -0.2) is 26.2 Å². The third-order valence-corrected chi connectivity index (χ3v) is 3.52. The molecule has 18 heavy (non-hydrogen) atoms. The predicted molar refractivity (Wildman–Crippen MR) is 71.4 cm³/mol. The molecule has 0 saturated carbocycles. The third kappa shape index (κ3) is 2.35. The van der Waals surface area contributed by atoms with Crippen molar-refractivity contribution >= 4 is 11.6 Å². The molecule has 0 unspecified atom stereocenters. The van der Waals surface area contributed by atoms with Gasteiger partial charge in [0.15, 0.2) is 5.79 Å². The summed E-state index contributed by atoms with van der Waals surface area (Å²) in [6.45, 7) is 5.28. The molecule has 1 saturated heterocycles. The normalized spacial score (nSPS) is 18.0. The first-order chi connectivity index (χ1) is 8.63. The maximum atomic E-state index is 5.89. The van der Waals surface area contributed by atoms with Crippen LogP contribution in [0.4, 0.5) is 0 Å². The van der Waals surface area contributed by atoms with Crippen molar-refractivity contribution in [2.24, 2.45) is 0 Å². The molecule has 1 aromatic carbocycles. The summed E-state index contributed by atoms with van der Waals surface area (Å²) < 4.78 is 17.0. The Kier molecular flexibility index (Phi) is 4.15. The molecular weight excluding hydrogens is 252 g/mol. The van der Waals surface area contributed by atoms with Crippen molar-refractivity contribution in [3.05, 3.63) is 28.8 Å². The van der Waals surface area contributed by atoms with Crippen molar-refractivity contribution in [3.63, 3.8) is 0 Å². The van der Waals surface area contributed by atoms with Gasteiger partial charge in [-0.2, -0.15) is 0 Å². The average molecular weight is 271 g/mol. The lowest BCUT2D eigenvalue weighted by molar-refractivity contribution is -0.167. The highest BCUT2D eigenvalue weighted by Gasteiger charge is 2.39. The molecule has 3 nitrogen and oxygen atoms in total. The number of rotatable bonds is 4. The number of hydrogen-bond donors (Lipinski definition) is 0. The Hall–Kier alpha value is -0.770. The minimum Gasteiger partial charge on any atom is -0.496 e. The van der Waals surface area contributed by atoms with Gasteiger partial charge in [-0.25, -0.2) is 0 Å². The highest BCUT2D eigenvalue weighted by atomic mass is 35.5. The van der Waals surface area contributed by atoms with Crippen LogP contribution in [0.2, 0.25) is 0 Å². The number of hydrogen-bond acceptors (Lipinski definition) is 3. The molecule has 2 rings (SSSR count). The van der Waals surface area contributed by atoms with Gasteiger partial charge in [0.05, 0.1) is 20.3 Å². The minimum atomic E-state index is -0.678. The van der Waals surface area contributed by atoms with Crippen LogP contribution in [0.15, 0.2) is 12.1 Å². The van der Waals surface area contributed by atoms with Crippen LogP contribution in [0.5, 0.6) is 5.75 Å². The van der Waals surface area contributed by atoms with E-state index in [0.717, 1.165) is 22.4 Å². The van der Waals surface area contributed by atoms with Crippen molar-refractivity contribution in [1.82, 2.24) is 0 Å². The average Bonchev–Trinajstić information content (AvgIpc) is 2.81. The Morgan fingerprint density at radius 2 is 1.89 bits per heavy atom. The lowest BCUT2D eigenvalue weighted by Gasteiger charge is -2.29. The monoisotopic (exact) mass is 270 g/mol. The van der Waals surface area contributed by atoms with Crippen molar-refractivity contribution in [2.45, 2.75) is 26.1 Å². The van der Waals surface area contributed by atoms with E-state index >= 15 is 0 Å². The van der Waals surface area contributed by atoms with Gasteiger partial charge in [0.2, 0.25) is 0 Å². The Morgan fingerprint density at radius 3 is 2.44 bits per heavy atom. The van der Waals surface area contributed by atoms with Crippen LogP contribution in [0.1, 0.15) is 23.1 Å². The largest absolute Gasteiger partial charge is 0.496 e. The number of aryl methyl sites for hydroxylation is 2. The topological polar surface area (TPSA) is 27.7 Å². The number of halogens is 1. The fourth-order valence-corrected chi connectivity index (χ4v) is 2.68. The summed E-state index contributed by atoms with van der Waals surface area (Å²) in [7, 11) is 1.68. The molecule has 0 atom stereocenters. The summed E-state index contributed by atoms with van der Waals surface area (Å²) in [5.74, 6) is 0.711.